The molecule has 0 spiro atoms. The van der Waals surface area contributed by atoms with Crippen LogP contribution >= 0.6 is 0 Å². The SMILES string of the molecule is C#CCC1(C(=O)OCC)CCCNC1. The van der Waals surface area contributed by atoms with Crippen LogP contribution in [0.4, 0.5) is 0 Å². The molecule has 1 fully saturated rings. The second kappa shape index (κ2) is 5.02. The summed E-state index contributed by atoms with van der Waals surface area (Å²) in [6.45, 7) is 3.85. The summed E-state index contributed by atoms with van der Waals surface area (Å²) < 4.78 is 5.06. The number of carbonyl (C=O) groups excluding carboxylic acids is 1. The Morgan fingerprint density at radius 3 is 3.00 bits per heavy atom. The fourth-order valence-corrected chi connectivity index (χ4v) is 1.84. The minimum absolute atomic E-state index is 0.148. The van der Waals surface area contributed by atoms with Crippen LogP contribution in [0.1, 0.15) is 26.2 Å². The van der Waals surface area contributed by atoms with Gasteiger partial charge in [0.05, 0.1) is 12.0 Å². The molecule has 0 bridgehead atoms. The summed E-state index contributed by atoms with van der Waals surface area (Å²) in [5.74, 6) is 2.43. The van der Waals surface area contributed by atoms with E-state index in [0.29, 0.717) is 19.6 Å². The lowest BCUT2D eigenvalue weighted by Crippen LogP contribution is -2.46. The van der Waals surface area contributed by atoms with E-state index < -0.39 is 5.41 Å². The molecule has 1 aliphatic heterocycles. The monoisotopic (exact) mass is 195 g/mol. The van der Waals surface area contributed by atoms with Crippen molar-refractivity contribution in [1.82, 2.24) is 5.32 Å². The van der Waals surface area contributed by atoms with Gasteiger partial charge in [-0.2, -0.15) is 0 Å². The first kappa shape index (κ1) is 11.1. The lowest BCUT2D eigenvalue weighted by molar-refractivity contribution is -0.156. The van der Waals surface area contributed by atoms with Gasteiger partial charge in [0.15, 0.2) is 0 Å². The Labute approximate surface area is 85.2 Å². The van der Waals surface area contributed by atoms with Crippen molar-refractivity contribution in [3.8, 4) is 12.3 Å². The highest BCUT2D eigenvalue weighted by atomic mass is 16.5. The third-order valence-electron chi connectivity index (χ3n) is 2.62. The average Bonchev–Trinajstić information content (AvgIpc) is 2.20. The summed E-state index contributed by atoms with van der Waals surface area (Å²) >= 11 is 0. The predicted octanol–water partition coefficient (Wildman–Crippen LogP) is 0.943. The van der Waals surface area contributed by atoms with Crippen molar-refractivity contribution in [2.45, 2.75) is 26.2 Å². The normalized spacial score (nSPS) is 26.6. The van der Waals surface area contributed by atoms with E-state index in [0.717, 1.165) is 19.4 Å². The van der Waals surface area contributed by atoms with Crippen LogP contribution in [0.2, 0.25) is 0 Å². The number of hydrogen-bond acceptors (Lipinski definition) is 3. The van der Waals surface area contributed by atoms with Gasteiger partial charge >= 0.3 is 5.97 Å². The van der Waals surface area contributed by atoms with Crippen molar-refractivity contribution in [2.24, 2.45) is 5.41 Å². The lowest BCUT2D eigenvalue weighted by atomic mass is 9.78. The van der Waals surface area contributed by atoms with E-state index in [1.54, 1.807) is 0 Å². The molecule has 0 saturated carbocycles. The molecular formula is C11H17NO2. The fraction of sp³-hybridized carbons (Fsp3) is 0.727. The van der Waals surface area contributed by atoms with Crippen LogP contribution in [-0.2, 0) is 9.53 Å². The van der Waals surface area contributed by atoms with Gasteiger partial charge in [0.1, 0.15) is 0 Å². The Morgan fingerprint density at radius 1 is 1.71 bits per heavy atom. The first-order valence-corrected chi connectivity index (χ1v) is 5.06. The molecule has 1 heterocycles. The van der Waals surface area contributed by atoms with Crippen molar-refractivity contribution in [2.75, 3.05) is 19.7 Å². The van der Waals surface area contributed by atoms with Crippen LogP contribution in [0.3, 0.4) is 0 Å². The van der Waals surface area contributed by atoms with Crippen molar-refractivity contribution < 1.29 is 9.53 Å². The summed E-state index contributed by atoms with van der Waals surface area (Å²) in [5.41, 5.74) is -0.469. The molecule has 0 radical (unpaired) electrons. The van der Waals surface area contributed by atoms with E-state index in [4.69, 9.17) is 11.2 Å². The van der Waals surface area contributed by atoms with Crippen molar-refractivity contribution in [3.05, 3.63) is 0 Å². The van der Waals surface area contributed by atoms with Gasteiger partial charge in [-0.05, 0) is 26.3 Å². The molecule has 0 amide bonds. The van der Waals surface area contributed by atoms with Gasteiger partial charge in [-0.25, -0.2) is 0 Å². The highest BCUT2D eigenvalue weighted by molar-refractivity contribution is 5.77. The van der Waals surface area contributed by atoms with Crippen molar-refractivity contribution in [1.29, 1.82) is 0 Å². The number of rotatable bonds is 3. The number of piperidine rings is 1. The Morgan fingerprint density at radius 2 is 2.50 bits per heavy atom. The molecule has 0 aromatic rings. The molecule has 3 heteroatoms. The molecule has 0 aliphatic carbocycles. The number of hydrogen-bond donors (Lipinski definition) is 1. The summed E-state index contributed by atoms with van der Waals surface area (Å²) in [6.07, 6.45) is 7.59. The van der Waals surface area contributed by atoms with E-state index >= 15 is 0 Å². The van der Waals surface area contributed by atoms with E-state index in [-0.39, 0.29) is 5.97 Å². The Bertz CT molecular complexity index is 236. The first-order chi connectivity index (χ1) is 6.75. The van der Waals surface area contributed by atoms with E-state index in [1.807, 2.05) is 6.92 Å². The Kier molecular flexibility index (Phi) is 3.97. The van der Waals surface area contributed by atoms with Crippen LogP contribution < -0.4 is 5.32 Å². The smallest absolute Gasteiger partial charge is 0.314 e. The van der Waals surface area contributed by atoms with E-state index in [1.165, 1.54) is 0 Å². The largest absolute Gasteiger partial charge is 0.466 e. The molecule has 0 aromatic heterocycles. The third kappa shape index (κ3) is 2.27. The van der Waals surface area contributed by atoms with Crippen molar-refractivity contribution >= 4 is 5.97 Å². The highest BCUT2D eigenvalue weighted by Crippen LogP contribution is 2.31. The minimum Gasteiger partial charge on any atom is -0.466 e. The van der Waals surface area contributed by atoms with E-state index in [9.17, 15) is 4.79 Å². The van der Waals surface area contributed by atoms with Gasteiger partial charge in [0.25, 0.3) is 0 Å². The molecule has 1 N–H and O–H groups in total. The average molecular weight is 195 g/mol. The van der Waals surface area contributed by atoms with Gasteiger partial charge < -0.3 is 10.1 Å². The Balaban J connectivity index is 2.69. The molecule has 78 valence electrons. The summed E-state index contributed by atoms with van der Waals surface area (Å²) in [7, 11) is 0. The second-order valence-corrected chi connectivity index (χ2v) is 3.66. The number of esters is 1. The molecule has 1 saturated heterocycles. The van der Waals surface area contributed by atoms with Gasteiger partial charge in [-0.15, -0.1) is 12.3 Å². The first-order valence-electron chi connectivity index (χ1n) is 5.06. The maximum absolute atomic E-state index is 11.8. The van der Waals surface area contributed by atoms with Crippen LogP contribution in [0.5, 0.6) is 0 Å². The zero-order chi connectivity index (χ0) is 10.4. The number of carbonyl (C=O) groups is 1. The zero-order valence-electron chi connectivity index (χ0n) is 8.64. The van der Waals surface area contributed by atoms with Gasteiger partial charge in [-0.3, -0.25) is 4.79 Å². The van der Waals surface area contributed by atoms with Crippen LogP contribution in [0, 0.1) is 17.8 Å². The zero-order valence-corrected chi connectivity index (χ0v) is 8.64. The van der Waals surface area contributed by atoms with Crippen molar-refractivity contribution in [3.63, 3.8) is 0 Å². The topological polar surface area (TPSA) is 38.3 Å². The quantitative estimate of drug-likeness (QED) is 0.538. The molecule has 1 rings (SSSR count). The number of terminal acetylenes is 1. The minimum atomic E-state index is -0.469. The third-order valence-corrected chi connectivity index (χ3v) is 2.62. The summed E-state index contributed by atoms with van der Waals surface area (Å²) in [6, 6.07) is 0. The highest BCUT2D eigenvalue weighted by Gasteiger charge is 2.40. The van der Waals surface area contributed by atoms with Crippen LogP contribution in [0.15, 0.2) is 0 Å². The number of ether oxygens (including phenoxy) is 1. The lowest BCUT2D eigenvalue weighted by Gasteiger charge is -2.33. The van der Waals surface area contributed by atoms with Gasteiger partial charge in [0.2, 0.25) is 0 Å². The summed E-state index contributed by atoms with van der Waals surface area (Å²) in [5, 5.41) is 3.20. The molecule has 0 aromatic carbocycles. The second-order valence-electron chi connectivity index (χ2n) is 3.66. The predicted molar refractivity (Wildman–Crippen MR) is 54.6 cm³/mol. The molecule has 1 unspecified atom stereocenters. The van der Waals surface area contributed by atoms with E-state index in [2.05, 4.69) is 11.2 Å². The Hall–Kier alpha value is -1.01. The number of nitrogens with one attached hydrogen (secondary N) is 1. The maximum Gasteiger partial charge on any atom is 0.314 e. The fourth-order valence-electron chi connectivity index (χ4n) is 1.84. The molecular weight excluding hydrogens is 178 g/mol. The van der Waals surface area contributed by atoms with Crippen LogP contribution in [0.25, 0.3) is 0 Å². The maximum atomic E-state index is 11.8. The molecule has 1 aliphatic rings. The van der Waals surface area contributed by atoms with Crippen LogP contribution in [-0.4, -0.2) is 25.7 Å². The molecule has 1 atom stereocenters. The van der Waals surface area contributed by atoms with Gasteiger partial charge in [0, 0.05) is 13.0 Å². The molecule has 14 heavy (non-hydrogen) atoms. The standard InChI is InChI=1S/C11H17NO2/c1-3-6-11(10(13)14-4-2)7-5-8-12-9-11/h1,12H,4-9H2,2H3. The summed E-state index contributed by atoms with van der Waals surface area (Å²) in [4.78, 5) is 11.8. The molecule has 3 nitrogen and oxygen atoms in total. The van der Waals surface area contributed by atoms with Gasteiger partial charge in [-0.1, -0.05) is 0 Å².